The van der Waals surface area contributed by atoms with E-state index < -0.39 is 5.54 Å². The largest absolute Gasteiger partial charge is 0.381 e. The predicted molar refractivity (Wildman–Crippen MR) is 60.5 cm³/mol. The highest BCUT2D eigenvalue weighted by Crippen LogP contribution is 2.17. The quantitative estimate of drug-likeness (QED) is 0.667. The van der Waals surface area contributed by atoms with Crippen LogP contribution in [-0.4, -0.2) is 57.1 Å². The maximum Gasteiger partial charge on any atom is 0.240 e. The van der Waals surface area contributed by atoms with E-state index in [4.69, 9.17) is 19.9 Å². The van der Waals surface area contributed by atoms with Gasteiger partial charge in [0.2, 0.25) is 5.91 Å². The topological polar surface area (TPSA) is 82.8 Å². The highest BCUT2D eigenvalue weighted by Gasteiger charge is 2.36. The van der Waals surface area contributed by atoms with Gasteiger partial charge in [-0.1, -0.05) is 0 Å². The molecule has 1 atom stereocenters. The van der Waals surface area contributed by atoms with Crippen LogP contribution in [-0.2, 0) is 19.0 Å². The standard InChI is InChI=1S/C11H20N2O4/c12-11(1-3-15-4-2-11)10(14)13-7-9-8-16-5-6-17-9/h9H,1-8,12H2,(H,13,14). The Morgan fingerprint density at radius 1 is 1.24 bits per heavy atom. The fourth-order valence-electron chi connectivity index (χ4n) is 2.00. The van der Waals surface area contributed by atoms with Crippen LogP contribution in [0, 0.1) is 0 Å². The molecule has 0 aliphatic carbocycles. The van der Waals surface area contributed by atoms with Gasteiger partial charge in [-0.25, -0.2) is 0 Å². The minimum Gasteiger partial charge on any atom is -0.381 e. The van der Waals surface area contributed by atoms with Crippen molar-refractivity contribution in [3.8, 4) is 0 Å². The van der Waals surface area contributed by atoms with Crippen molar-refractivity contribution >= 4 is 5.91 Å². The van der Waals surface area contributed by atoms with Gasteiger partial charge < -0.3 is 25.3 Å². The van der Waals surface area contributed by atoms with E-state index in [2.05, 4.69) is 5.32 Å². The average Bonchev–Trinajstić information content (AvgIpc) is 2.38. The highest BCUT2D eigenvalue weighted by atomic mass is 16.6. The van der Waals surface area contributed by atoms with Crippen molar-refractivity contribution in [2.75, 3.05) is 39.6 Å². The van der Waals surface area contributed by atoms with E-state index in [0.717, 1.165) is 0 Å². The lowest BCUT2D eigenvalue weighted by Crippen LogP contribution is -2.58. The molecule has 98 valence electrons. The van der Waals surface area contributed by atoms with Gasteiger partial charge in [0.1, 0.15) is 0 Å². The van der Waals surface area contributed by atoms with Crippen LogP contribution in [0.3, 0.4) is 0 Å². The minimum absolute atomic E-state index is 0.0591. The number of carbonyl (C=O) groups excluding carboxylic acids is 1. The van der Waals surface area contributed by atoms with E-state index in [1.807, 2.05) is 0 Å². The average molecular weight is 244 g/mol. The predicted octanol–water partition coefficient (Wildman–Crippen LogP) is -0.974. The third-order valence-electron chi connectivity index (χ3n) is 3.21. The second kappa shape index (κ2) is 5.77. The summed E-state index contributed by atoms with van der Waals surface area (Å²) >= 11 is 0. The van der Waals surface area contributed by atoms with Crippen LogP contribution >= 0.6 is 0 Å². The minimum atomic E-state index is -0.784. The molecule has 0 aromatic carbocycles. The van der Waals surface area contributed by atoms with E-state index in [0.29, 0.717) is 52.4 Å². The van der Waals surface area contributed by atoms with Crippen molar-refractivity contribution < 1.29 is 19.0 Å². The maximum atomic E-state index is 12.0. The molecule has 2 aliphatic rings. The molecule has 6 heteroatoms. The Kier molecular flexibility index (Phi) is 4.33. The lowest BCUT2D eigenvalue weighted by atomic mass is 9.90. The highest BCUT2D eigenvalue weighted by molar-refractivity contribution is 5.86. The van der Waals surface area contributed by atoms with E-state index in [1.165, 1.54) is 0 Å². The second-order valence-electron chi connectivity index (χ2n) is 4.55. The van der Waals surface area contributed by atoms with Crippen LogP contribution in [0.1, 0.15) is 12.8 Å². The molecule has 1 unspecified atom stereocenters. The Hall–Kier alpha value is -0.690. The van der Waals surface area contributed by atoms with Crippen molar-refractivity contribution in [3.63, 3.8) is 0 Å². The number of hydrogen-bond acceptors (Lipinski definition) is 5. The first-order chi connectivity index (χ1) is 8.21. The Bertz CT molecular complexity index is 260. The molecule has 2 saturated heterocycles. The summed E-state index contributed by atoms with van der Waals surface area (Å²) in [4.78, 5) is 12.0. The van der Waals surface area contributed by atoms with Crippen molar-refractivity contribution in [1.29, 1.82) is 0 Å². The summed E-state index contributed by atoms with van der Waals surface area (Å²) in [7, 11) is 0. The van der Waals surface area contributed by atoms with Crippen molar-refractivity contribution in [2.24, 2.45) is 5.73 Å². The van der Waals surface area contributed by atoms with Gasteiger partial charge in [-0.05, 0) is 12.8 Å². The molecule has 2 rings (SSSR count). The van der Waals surface area contributed by atoms with Gasteiger partial charge in [0, 0.05) is 19.8 Å². The summed E-state index contributed by atoms with van der Waals surface area (Å²) < 4.78 is 15.9. The summed E-state index contributed by atoms with van der Waals surface area (Å²) in [5.74, 6) is -0.116. The molecular formula is C11H20N2O4. The van der Waals surface area contributed by atoms with Gasteiger partial charge >= 0.3 is 0 Å². The summed E-state index contributed by atoms with van der Waals surface area (Å²) in [5.41, 5.74) is 5.27. The molecule has 0 aromatic rings. The summed E-state index contributed by atoms with van der Waals surface area (Å²) in [6.07, 6.45) is 1.08. The van der Waals surface area contributed by atoms with E-state index in [1.54, 1.807) is 0 Å². The van der Waals surface area contributed by atoms with Crippen molar-refractivity contribution in [2.45, 2.75) is 24.5 Å². The normalized spacial score (nSPS) is 28.6. The lowest BCUT2D eigenvalue weighted by Gasteiger charge is -2.32. The van der Waals surface area contributed by atoms with E-state index in [9.17, 15) is 4.79 Å². The lowest BCUT2D eigenvalue weighted by molar-refractivity contribution is -0.132. The first kappa shape index (κ1) is 12.8. The molecule has 0 saturated carbocycles. The molecule has 0 radical (unpaired) electrons. The van der Waals surface area contributed by atoms with Gasteiger partial charge in [-0.15, -0.1) is 0 Å². The fourth-order valence-corrected chi connectivity index (χ4v) is 2.00. The Morgan fingerprint density at radius 3 is 2.65 bits per heavy atom. The number of amides is 1. The van der Waals surface area contributed by atoms with Crippen LogP contribution in [0.4, 0.5) is 0 Å². The molecule has 0 bridgehead atoms. The third-order valence-corrected chi connectivity index (χ3v) is 3.21. The molecule has 0 aromatic heterocycles. The number of hydrogen-bond donors (Lipinski definition) is 2. The zero-order chi connectivity index (χ0) is 12.1. The molecule has 1 amide bonds. The molecule has 6 nitrogen and oxygen atoms in total. The zero-order valence-electron chi connectivity index (χ0n) is 9.94. The van der Waals surface area contributed by atoms with Gasteiger partial charge in [0.05, 0.1) is 31.5 Å². The van der Waals surface area contributed by atoms with Crippen LogP contribution in [0.25, 0.3) is 0 Å². The number of ether oxygens (including phenoxy) is 3. The van der Waals surface area contributed by atoms with Crippen LogP contribution in [0.5, 0.6) is 0 Å². The monoisotopic (exact) mass is 244 g/mol. The summed E-state index contributed by atoms with van der Waals surface area (Å²) in [6.45, 7) is 3.30. The van der Waals surface area contributed by atoms with E-state index >= 15 is 0 Å². The molecule has 3 N–H and O–H groups in total. The van der Waals surface area contributed by atoms with Crippen molar-refractivity contribution in [3.05, 3.63) is 0 Å². The Labute approximate surface area is 101 Å². The third kappa shape index (κ3) is 3.38. The Morgan fingerprint density at radius 2 is 2.00 bits per heavy atom. The van der Waals surface area contributed by atoms with Gasteiger partial charge in [-0.2, -0.15) is 0 Å². The number of nitrogens with one attached hydrogen (secondary N) is 1. The van der Waals surface area contributed by atoms with Crippen LogP contribution < -0.4 is 11.1 Å². The van der Waals surface area contributed by atoms with Gasteiger partial charge in [0.25, 0.3) is 0 Å². The van der Waals surface area contributed by atoms with Crippen LogP contribution in [0.2, 0.25) is 0 Å². The van der Waals surface area contributed by atoms with Crippen LogP contribution in [0.15, 0.2) is 0 Å². The van der Waals surface area contributed by atoms with Crippen molar-refractivity contribution in [1.82, 2.24) is 5.32 Å². The molecular weight excluding hydrogens is 224 g/mol. The van der Waals surface area contributed by atoms with Gasteiger partial charge in [-0.3, -0.25) is 4.79 Å². The zero-order valence-corrected chi connectivity index (χ0v) is 9.94. The van der Waals surface area contributed by atoms with E-state index in [-0.39, 0.29) is 12.0 Å². The first-order valence-corrected chi connectivity index (χ1v) is 6.05. The second-order valence-corrected chi connectivity index (χ2v) is 4.55. The summed E-state index contributed by atoms with van der Waals surface area (Å²) in [6, 6.07) is 0. The molecule has 2 heterocycles. The Balaban J connectivity index is 1.75. The molecule has 17 heavy (non-hydrogen) atoms. The summed E-state index contributed by atoms with van der Waals surface area (Å²) in [5, 5.41) is 2.84. The smallest absolute Gasteiger partial charge is 0.240 e. The first-order valence-electron chi connectivity index (χ1n) is 6.05. The SMILES string of the molecule is NC1(C(=O)NCC2COCCO2)CCOCC1. The molecule has 2 aliphatic heterocycles. The number of rotatable bonds is 3. The number of nitrogens with two attached hydrogens (primary N) is 1. The maximum absolute atomic E-state index is 12.0. The van der Waals surface area contributed by atoms with Gasteiger partial charge in [0.15, 0.2) is 0 Å². The molecule has 2 fully saturated rings. The fraction of sp³-hybridized carbons (Fsp3) is 0.909. The molecule has 0 spiro atoms. The number of carbonyl (C=O) groups is 1.